The van der Waals surface area contributed by atoms with E-state index in [0.717, 1.165) is 23.2 Å². The third kappa shape index (κ3) is 12.0. The van der Waals surface area contributed by atoms with Crippen LogP contribution in [0.25, 0.3) is 0 Å². The van der Waals surface area contributed by atoms with Crippen LogP contribution in [0, 0.1) is 0 Å². The number of rotatable bonds is 12. The molecule has 0 bridgehead atoms. The molecule has 3 rings (SSSR count). The fraction of sp³-hybridized carbons (Fsp3) is 0.375. The van der Waals surface area contributed by atoms with E-state index in [0.29, 0.717) is 24.4 Å². The summed E-state index contributed by atoms with van der Waals surface area (Å²) >= 11 is 0. The van der Waals surface area contributed by atoms with E-state index in [2.05, 4.69) is 44.8 Å². The van der Waals surface area contributed by atoms with Gasteiger partial charge in [-0.05, 0) is 63.1 Å². The Balaban J connectivity index is 0.000000510. The summed E-state index contributed by atoms with van der Waals surface area (Å²) in [6.07, 6.45) is -0.636. The van der Waals surface area contributed by atoms with Gasteiger partial charge >= 0.3 is 12.1 Å². The Labute approximate surface area is 232 Å². The number of carbonyl (C=O) groups is 2. The lowest BCUT2D eigenvalue weighted by Crippen LogP contribution is -2.42. The summed E-state index contributed by atoms with van der Waals surface area (Å²) in [5, 5.41) is 11.8. The van der Waals surface area contributed by atoms with Crippen LogP contribution < -0.4 is 10.1 Å². The molecule has 0 saturated carbocycles. The molecule has 1 atom stereocenters. The van der Waals surface area contributed by atoms with Gasteiger partial charge in [0.05, 0.1) is 0 Å². The van der Waals surface area contributed by atoms with E-state index in [1.54, 1.807) is 24.3 Å². The second kappa shape index (κ2) is 16.9. The minimum atomic E-state index is -1.13. The zero-order valence-electron chi connectivity index (χ0n) is 23.7. The van der Waals surface area contributed by atoms with Crippen molar-refractivity contribution in [2.45, 2.75) is 72.4 Å². The third-order valence-corrected chi connectivity index (χ3v) is 6.11. The molecular formula is C32H42N2O5. The van der Waals surface area contributed by atoms with Crippen LogP contribution in [0.1, 0.15) is 51.3 Å². The largest absolute Gasteiger partial charge is 0.489 e. The number of hydrogen-bond donors (Lipinski definition) is 2. The van der Waals surface area contributed by atoms with E-state index in [1.165, 1.54) is 0 Å². The van der Waals surface area contributed by atoms with Crippen LogP contribution in [0.2, 0.25) is 0 Å². The molecule has 0 unspecified atom stereocenters. The van der Waals surface area contributed by atoms with Crippen LogP contribution >= 0.6 is 0 Å². The average molecular weight is 535 g/mol. The Morgan fingerprint density at radius 3 is 1.72 bits per heavy atom. The molecule has 1 amide bonds. The number of amides is 1. The van der Waals surface area contributed by atoms with Gasteiger partial charge in [0.2, 0.25) is 0 Å². The Kier molecular flexibility index (Phi) is 13.6. The van der Waals surface area contributed by atoms with E-state index in [-0.39, 0.29) is 13.0 Å². The van der Waals surface area contributed by atoms with Gasteiger partial charge in [0.1, 0.15) is 25.0 Å². The zero-order valence-corrected chi connectivity index (χ0v) is 23.7. The van der Waals surface area contributed by atoms with Gasteiger partial charge in [-0.2, -0.15) is 0 Å². The monoisotopic (exact) mass is 534 g/mol. The van der Waals surface area contributed by atoms with Crippen molar-refractivity contribution in [3.05, 3.63) is 102 Å². The third-order valence-electron chi connectivity index (χ3n) is 6.11. The highest BCUT2D eigenvalue weighted by atomic mass is 16.5. The molecule has 0 aromatic heterocycles. The molecule has 7 nitrogen and oxygen atoms in total. The highest BCUT2D eigenvalue weighted by Crippen LogP contribution is 2.15. The summed E-state index contributed by atoms with van der Waals surface area (Å²) in [5.74, 6) is -0.444. The van der Waals surface area contributed by atoms with Crippen LogP contribution in [0.4, 0.5) is 4.79 Å². The number of hydrogen-bond acceptors (Lipinski definition) is 5. The number of nitrogens with one attached hydrogen (secondary N) is 1. The molecule has 0 fully saturated rings. The predicted octanol–water partition coefficient (Wildman–Crippen LogP) is 6.31. The Morgan fingerprint density at radius 2 is 1.28 bits per heavy atom. The van der Waals surface area contributed by atoms with Gasteiger partial charge in [0, 0.05) is 18.5 Å². The number of carboxylic acid groups (broad SMARTS) is 1. The molecule has 0 heterocycles. The van der Waals surface area contributed by atoms with E-state index in [4.69, 9.17) is 9.47 Å². The lowest BCUT2D eigenvalue weighted by Gasteiger charge is -2.28. The standard InChI is InChI=1S/C24H23NO5.C8H19N/c26-23(27)22(25-24(28)30-17-20-9-5-2-6-10-20)15-18-11-13-21(14-12-18)29-16-19-7-3-1-4-8-19;1-6-9(7(2)3)8(4)5/h1-14,22H,15-17H2,(H,25,28)(H,26,27);7-8H,6H2,1-5H3/t22-;/m0./s1. The molecule has 0 aliphatic carbocycles. The van der Waals surface area contributed by atoms with Crippen molar-refractivity contribution in [1.82, 2.24) is 10.2 Å². The maximum atomic E-state index is 12.0. The maximum Gasteiger partial charge on any atom is 0.408 e. The minimum absolute atomic E-state index is 0.0759. The Morgan fingerprint density at radius 1 is 0.769 bits per heavy atom. The van der Waals surface area contributed by atoms with Crippen LogP contribution in [0.3, 0.4) is 0 Å². The number of ether oxygens (including phenoxy) is 2. The molecular weight excluding hydrogens is 492 g/mol. The number of benzene rings is 3. The minimum Gasteiger partial charge on any atom is -0.489 e. The maximum absolute atomic E-state index is 12.0. The number of carbonyl (C=O) groups excluding carboxylic acids is 1. The topological polar surface area (TPSA) is 88.1 Å². The number of aliphatic carboxylic acids is 1. The van der Waals surface area contributed by atoms with Crippen molar-refractivity contribution in [2.24, 2.45) is 0 Å². The fourth-order valence-corrected chi connectivity index (χ4v) is 4.13. The lowest BCUT2D eigenvalue weighted by atomic mass is 10.1. The second-order valence-electron chi connectivity index (χ2n) is 9.74. The van der Waals surface area contributed by atoms with E-state index in [9.17, 15) is 14.7 Å². The Hall–Kier alpha value is -3.84. The predicted molar refractivity (Wildman–Crippen MR) is 155 cm³/mol. The quantitative estimate of drug-likeness (QED) is 0.283. The summed E-state index contributed by atoms with van der Waals surface area (Å²) in [6, 6.07) is 26.4. The molecule has 3 aromatic rings. The van der Waals surface area contributed by atoms with E-state index in [1.807, 2.05) is 60.7 Å². The van der Waals surface area contributed by atoms with Crippen molar-refractivity contribution < 1.29 is 24.2 Å². The van der Waals surface area contributed by atoms with Gasteiger partial charge in [-0.15, -0.1) is 0 Å². The lowest BCUT2D eigenvalue weighted by molar-refractivity contribution is -0.139. The highest BCUT2D eigenvalue weighted by molar-refractivity contribution is 5.80. The van der Waals surface area contributed by atoms with Gasteiger partial charge in [0.15, 0.2) is 0 Å². The molecule has 0 radical (unpaired) electrons. The average Bonchev–Trinajstić information content (AvgIpc) is 2.92. The SMILES string of the molecule is CCN(C(C)C)C(C)C.O=C(N[C@@H](Cc1ccc(OCc2ccccc2)cc1)C(=O)O)OCc1ccccc1. The molecule has 39 heavy (non-hydrogen) atoms. The first-order valence-corrected chi connectivity index (χ1v) is 13.4. The molecule has 7 heteroatoms. The van der Waals surface area contributed by atoms with Crippen LogP contribution in [0.5, 0.6) is 5.75 Å². The molecule has 0 saturated heterocycles. The van der Waals surface area contributed by atoms with Crippen molar-refractivity contribution in [3.63, 3.8) is 0 Å². The summed E-state index contributed by atoms with van der Waals surface area (Å²) in [4.78, 5) is 26.0. The van der Waals surface area contributed by atoms with E-state index >= 15 is 0 Å². The van der Waals surface area contributed by atoms with Gasteiger partial charge in [-0.1, -0.05) is 79.7 Å². The highest BCUT2D eigenvalue weighted by Gasteiger charge is 2.21. The Bertz CT molecular complexity index is 1090. The first-order valence-electron chi connectivity index (χ1n) is 13.4. The van der Waals surface area contributed by atoms with Gasteiger partial charge < -0.3 is 19.9 Å². The normalized spacial score (nSPS) is 11.5. The number of nitrogens with zero attached hydrogens (tertiary/aromatic N) is 1. The van der Waals surface area contributed by atoms with Crippen molar-refractivity contribution in [1.29, 1.82) is 0 Å². The van der Waals surface area contributed by atoms with Crippen molar-refractivity contribution in [3.8, 4) is 5.75 Å². The number of alkyl carbamates (subject to hydrolysis) is 1. The molecule has 0 aliphatic heterocycles. The summed E-state index contributed by atoms with van der Waals surface area (Å²) < 4.78 is 10.8. The van der Waals surface area contributed by atoms with Gasteiger partial charge in [0.25, 0.3) is 0 Å². The molecule has 0 spiro atoms. The van der Waals surface area contributed by atoms with Gasteiger partial charge in [-0.25, -0.2) is 9.59 Å². The molecule has 210 valence electrons. The second-order valence-corrected chi connectivity index (χ2v) is 9.74. The molecule has 2 N–H and O–H groups in total. The summed E-state index contributed by atoms with van der Waals surface area (Å²) in [5.41, 5.74) is 2.65. The van der Waals surface area contributed by atoms with Crippen LogP contribution in [-0.4, -0.2) is 46.7 Å². The first-order chi connectivity index (χ1) is 18.7. The van der Waals surface area contributed by atoms with Gasteiger partial charge in [-0.3, -0.25) is 4.90 Å². The smallest absolute Gasteiger partial charge is 0.408 e. The molecule has 3 aromatic carbocycles. The first kappa shape index (κ1) is 31.4. The van der Waals surface area contributed by atoms with Crippen LogP contribution in [0.15, 0.2) is 84.9 Å². The summed E-state index contributed by atoms with van der Waals surface area (Å²) in [7, 11) is 0. The fourth-order valence-electron chi connectivity index (χ4n) is 4.13. The number of carboxylic acids is 1. The van der Waals surface area contributed by atoms with E-state index < -0.39 is 18.1 Å². The van der Waals surface area contributed by atoms with Crippen LogP contribution in [-0.2, 0) is 29.2 Å². The van der Waals surface area contributed by atoms with Crippen molar-refractivity contribution in [2.75, 3.05) is 6.54 Å². The molecule has 0 aliphatic rings. The van der Waals surface area contributed by atoms with Crippen molar-refractivity contribution >= 4 is 12.1 Å². The summed E-state index contributed by atoms with van der Waals surface area (Å²) in [6.45, 7) is 12.9. The zero-order chi connectivity index (χ0) is 28.6.